The number of amides is 1. The Hall–Kier alpha value is -1.03. The van der Waals surface area contributed by atoms with Crippen LogP contribution in [-0.4, -0.2) is 36.7 Å². The van der Waals surface area contributed by atoms with Gasteiger partial charge in [0.05, 0.1) is 11.6 Å². The van der Waals surface area contributed by atoms with Gasteiger partial charge in [-0.25, -0.2) is 10.1 Å². The van der Waals surface area contributed by atoms with E-state index in [1.54, 1.807) is 17.5 Å². The van der Waals surface area contributed by atoms with Crippen molar-refractivity contribution >= 4 is 27.5 Å². The molecule has 112 valence electrons. The van der Waals surface area contributed by atoms with Crippen molar-refractivity contribution < 1.29 is 13.2 Å². The van der Waals surface area contributed by atoms with Gasteiger partial charge in [0.15, 0.2) is 0 Å². The van der Waals surface area contributed by atoms with E-state index in [1.807, 2.05) is 6.92 Å². The second-order valence-electron chi connectivity index (χ2n) is 4.78. The zero-order valence-corrected chi connectivity index (χ0v) is 12.8. The quantitative estimate of drug-likeness (QED) is 0.814. The molecule has 1 aliphatic rings. The van der Waals surface area contributed by atoms with E-state index in [1.165, 1.54) is 4.31 Å². The van der Waals surface area contributed by atoms with E-state index in [9.17, 15) is 13.2 Å². The van der Waals surface area contributed by atoms with Crippen molar-refractivity contribution in [2.75, 3.05) is 13.1 Å². The normalized spacial score (nSPS) is 18.1. The van der Waals surface area contributed by atoms with Crippen LogP contribution in [0.3, 0.4) is 0 Å². The van der Waals surface area contributed by atoms with Gasteiger partial charge in [0.2, 0.25) is 5.91 Å². The molecule has 0 unspecified atom stereocenters. The first kappa shape index (κ1) is 15.4. The summed E-state index contributed by atoms with van der Waals surface area (Å²) >= 11 is 1.55. The van der Waals surface area contributed by atoms with E-state index in [4.69, 9.17) is 5.14 Å². The third kappa shape index (κ3) is 3.98. The molecule has 0 spiro atoms. The number of rotatable bonds is 4. The lowest BCUT2D eigenvalue weighted by molar-refractivity contribution is -0.126. The fourth-order valence-electron chi connectivity index (χ4n) is 2.18. The zero-order chi connectivity index (χ0) is 14.8. The van der Waals surface area contributed by atoms with Crippen LogP contribution >= 0.6 is 11.3 Å². The number of thiazole rings is 1. The number of nitrogens with zero attached hydrogens (tertiary/aromatic N) is 2. The van der Waals surface area contributed by atoms with Gasteiger partial charge in [0.1, 0.15) is 0 Å². The molecule has 2 heterocycles. The van der Waals surface area contributed by atoms with E-state index in [2.05, 4.69) is 10.3 Å². The highest BCUT2D eigenvalue weighted by atomic mass is 32.2. The SMILES string of the molecule is Cc1ncc(CNC(=O)C2CCN(S(N)(=O)=O)CC2)s1. The number of hydrogen-bond acceptors (Lipinski definition) is 5. The number of carbonyl (C=O) groups excluding carboxylic acids is 1. The summed E-state index contributed by atoms with van der Waals surface area (Å²) in [6.07, 6.45) is 2.76. The Morgan fingerprint density at radius 3 is 2.70 bits per heavy atom. The zero-order valence-electron chi connectivity index (χ0n) is 11.2. The molecule has 0 bridgehead atoms. The minimum Gasteiger partial charge on any atom is -0.351 e. The van der Waals surface area contributed by atoms with Crippen LogP contribution < -0.4 is 10.5 Å². The Morgan fingerprint density at radius 1 is 1.55 bits per heavy atom. The molecule has 1 fully saturated rings. The molecule has 0 saturated carbocycles. The summed E-state index contributed by atoms with van der Waals surface area (Å²) < 4.78 is 23.6. The molecule has 0 aromatic carbocycles. The lowest BCUT2D eigenvalue weighted by Crippen LogP contribution is -2.45. The van der Waals surface area contributed by atoms with Crippen molar-refractivity contribution in [2.24, 2.45) is 11.1 Å². The maximum Gasteiger partial charge on any atom is 0.276 e. The summed E-state index contributed by atoms with van der Waals surface area (Å²) in [6, 6.07) is 0. The van der Waals surface area contributed by atoms with Gasteiger partial charge >= 0.3 is 0 Å². The van der Waals surface area contributed by atoms with Gasteiger partial charge in [-0.15, -0.1) is 11.3 Å². The molecule has 1 amide bonds. The molecule has 7 nitrogen and oxygen atoms in total. The first-order chi connectivity index (χ1) is 9.36. The summed E-state index contributed by atoms with van der Waals surface area (Å²) in [5.74, 6) is -0.188. The fraction of sp³-hybridized carbons (Fsp3) is 0.636. The number of nitrogens with one attached hydrogen (secondary N) is 1. The van der Waals surface area contributed by atoms with Crippen molar-refractivity contribution in [1.82, 2.24) is 14.6 Å². The molecule has 0 atom stereocenters. The first-order valence-electron chi connectivity index (χ1n) is 6.33. The summed E-state index contributed by atoms with van der Waals surface area (Å²) in [5, 5.41) is 8.90. The molecule has 1 aliphatic heterocycles. The molecule has 0 radical (unpaired) electrons. The number of aryl methyl sites for hydroxylation is 1. The van der Waals surface area contributed by atoms with Crippen molar-refractivity contribution in [3.8, 4) is 0 Å². The average Bonchev–Trinajstić information content (AvgIpc) is 2.81. The predicted octanol–water partition coefficient (Wildman–Crippen LogP) is -0.0168. The molecule has 1 aromatic rings. The van der Waals surface area contributed by atoms with Crippen LogP contribution in [0.4, 0.5) is 0 Å². The topological polar surface area (TPSA) is 105 Å². The number of carbonyl (C=O) groups is 1. The van der Waals surface area contributed by atoms with Crippen molar-refractivity contribution in [2.45, 2.75) is 26.3 Å². The van der Waals surface area contributed by atoms with E-state index in [-0.39, 0.29) is 11.8 Å². The van der Waals surface area contributed by atoms with Crippen LogP contribution in [0.1, 0.15) is 22.7 Å². The smallest absolute Gasteiger partial charge is 0.276 e. The summed E-state index contributed by atoms with van der Waals surface area (Å²) in [4.78, 5) is 17.1. The van der Waals surface area contributed by atoms with Crippen LogP contribution in [0.2, 0.25) is 0 Å². The third-order valence-corrected chi connectivity index (χ3v) is 5.29. The summed E-state index contributed by atoms with van der Waals surface area (Å²) in [7, 11) is -3.63. The molecule has 2 rings (SSSR count). The van der Waals surface area contributed by atoms with E-state index < -0.39 is 10.2 Å². The van der Waals surface area contributed by atoms with Gasteiger partial charge in [0, 0.05) is 30.1 Å². The highest BCUT2D eigenvalue weighted by Gasteiger charge is 2.29. The maximum absolute atomic E-state index is 12.0. The average molecular weight is 318 g/mol. The Morgan fingerprint density at radius 2 is 2.20 bits per heavy atom. The molecule has 9 heteroatoms. The standard InChI is InChI=1S/C11H18N4O3S2/c1-8-13-6-10(19-8)7-14-11(16)9-2-4-15(5-3-9)20(12,17)18/h6,9H,2-5,7H2,1H3,(H,14,16)(H2,12,17,18). The van der Waals surface area contributed by atoms with Gasteiger partial charge in [0.25, 0.3) is 10.2 Å². The number of aromatic nitrogens is 1. The van der Waals surface area contributed by atoms with Crippen molar-refractivity contribution in [3.05, 3.63) is 16.1 Å². The van der Waals surface area contributed by atoms with Crippen molar-refractivity contribution in [1.29, 1.82) is 0 Å². The fourth-order valence-corrected chi connectivity index (χ4v) is 3.63. The van der Waals surface area contributed by atoms with Crippen LogP contribution in [0.25, 0.3) is 0 Å². The molecular weight excluding hydrogens is 300 g/mol. The lowest BCUT2D eigenvalue weighted by Gasteiger charge is -2.28. The van der Waals surface area contributed by atoms with E-state index in [0.717, 1.165) is 9.88 Å². The van der Waals surface area contributed by atoms with Crippen LogP contribution in [-0.2, 0) is 21.5 Å². The molecule has 3 N–H and O–H groups in total. The highest BCUT2D eigenvalue weighted by molar-refractivity contribution is 7.86. The Bertz CT molecular complexity index is 576. The highest BCUT2D eigenvalue weighted by Crippen LogP contribution is 2.19. The molecular formula is C11H18N4O3S2. The molecule has 1 saturated heterocycles. The molecule has 20 heavy (non-hydrogen) atoms. The van der Waals surface area contributed by atoms with Crippen molar-refractivity contribution in [3.63, 3.8) is 0 Å². The number of nitrogens with two attached hydrogens (primary N) is 1. The third-order valence-electron chi connectivity index (χ3n) is 3.29. The van der Waals surface area contributed by atoms with Crippen LogP contribution in [0, 0.1) is 12.8 Å². The first-order valence-corrected chi connectivity index (χ1v) is 8.65. The maximum atomic E-state index is 12.0. The largest absolute Gasteiger partial charge is 0.351 e. The van der Waals surface area contributed by atoms with Gasteiger partial charge in [-0.1, -0.05) is 0 Å². The Labute approximate surface area is 122 Å². The lowest BCUT2D eigenvalue weighted by atomic mass is 9.97. The summed E-state index contributed by atoms with van der Waals surface area (Å²) in [6.45, 7) is 2.99. The second-order valence-corrected chi connectivity index (χ2v) is 7.65. The summed E-state index contributed by atoms with van der Waals surface area (Å²) in [5.41, 5.74) is 0. The van der Waals surface area contributed by atoms with E-state index >= 15 is 0 Å². The minimum absolute atomic E-state index is 0.0369. The van der Waals surface area contributed by atoms with Gasteiger partial charge in [-0.05, 0) is 19.8 Å². The number of piperidine rings is 1. The Kier molecular flexibility index (Phi) is 4.74. The second kappa shape index (κ2) is 6.17. The van der Waals surface area contributed by atoms with E-state index in [0.29, 0.717) is 32.5 Å². The Balaban J connectivity index is 1.80. The molecule has 1 aromatic heterocycles. The van der Waals surface area contributed by atoms with Gasteiger partial charge in [-0.3, -0.25) is 4.79 Å². The monoisotopic (exact) mass is 318 g/mol. The van der Waals surface area contributed by atoms with Gasteiger partial charge < -0.3 is 5.32 Å². The van der Waals surface area contributed by atoms with Crippen LogP contribution in [0.5, 0.6) is 0 Å². The molecule has 0 aliphatic carbocycles. The van der Waals surface area contributed by atoms with Gasteiger partial charge in [-0.2, -0.15) is 12.7 Å². The predicted molar refractivity (Wildman–Crippen MR) is 76.1 cm³/mol. The van der Waals surface area contributed by atoms with Crippen LogP contribution in [0.15, 0.2) is 6.20 Å². The minimum atomic E-state index is -3.63. The number of hydrogen-bond donors (Lipinski definition) is 2.